The average molecular weight is 928 g/mol. The van der Waals surface area contributed by atoms with Crippen molar-refractivity contribution >= 4 is 23.9 Å². The molecule has 1 rings (SSSR count). The van der Waals surface area contributed by atoms with E-state index in [0.29, 0.717) is 5.92 Å². The summed E-state index contributed by atoms with van der Waals surface area (Å²) in [6, 6.07) is 10.6. The Morgan fingerprint density at radius 3 is 1.05 bits per heavy atom. The maximum atomic E-state index is 11.1. The summed E-state index contributed by atoms with van der Waals surface area (Å²) < 4.78 is 18.4. The molecule has 2 N–H and O–H groups in total. The van der Waals surface area contributed by atoms with Crippen molar-refractivity contribution in [2.45, 2.75) is 233 Å². The summed E-state index contributed by atoms with van der Waals surface area (Å²) in [6.07, 6.45) is 4.43. The van der Waals surface area contributed by atoms with E-state index in [-0.39, 0.29) is 179 Å². The highest BCUT2D eigenvalue weighted by Gasteiger charge is 2.27. The van der Waals surface area contributed by atoms with Crippen LogP contribution in [0.2, 0.25) is 0 Å². The number of aliphatic hydroxyl groups excluding tert-OH is 2. The number of carbonyl (C=O) groups is 4. The molecule has 0 heterocycles. The first-order valence-electron chi connectivity index (χ1n) is 17.1. The maximum absolute atomic E-state index is 11.1. The lowest BCUT2D eigenvalue weighted by Gasteiger charge is -2.19. The Bertz CT molecular complexity index is 948. The highest BCUT2D eigenvalue weighted by molar-refractivity contribution is 5.76. The van der Waals surface area contributed by atoms with E-state index in [1.807, 2.05) is 62.3 Å². The number of benzene rings is 1. The monoisotopic (exact) mass is 927 g/mol. The number of hydrogen-bond acceptors (Lipinski definition) is 10. The van der Waals surface area contributed by atoms with E-state index in [0.717, 1.165) is 25.7 Å². The zero-order valence-electron chi connectivity index (χ0n) is 32.6. The molecule has 0 fully saturated rings. The Kier molecular flexibility index (Phi) is 151. The number of esters is 4. The fourth-order valence-corrected chi connectivity index (χ4v) is 2.74. The van der Waals surface area contributed by atoms with Crippen molar-refractivity contribution in [1.82, 2.24) is 0 Å². The van der Waals surface area contributed by atoms with Gasteiger partial charge in [-0.05, 0) is 71.3 Å². The van der Waals surface area contributed by atoms with Gasteiger partial charge in [0.1, 0.15) is 13.2 Å². The first-order chi connectivity index (χ1) is 22.4. The summed E-state index contributed by atoms with van der Waals surface area (Å²) >= 11 is 0. The van der Waals surface area contributed by atoms with Crippen LogP contribution in [0.15, 0.2) is 30.3 Å². The number of aliphatic hydroxyl groups is 2. The molecule has 402 valence electrons. The molecule has 10 nitrogen and oxygen atoms in total. The van der Waals surface area contributed by atoms with Crippen LogP contribution < -0.4 is 0 Å². The highest BCUT2D eigenvalue weighted by atomic mass is 16.5. The molecule has 0 saturated carbocycles. The molecular weight excluding hydrogens is 797 g/mol. The van der Waals surface area contributed by atoms with Gasteiger partial charge in [-0.15, -0.1) is 0 Å². The second-order valence-corrected chi connectivity index (χ2v) is 12.6. The molecule has 63 heavy (non-hydrogen) atoms. The lowest BCUT2D eigenvalue weighted by atomic mass is 9.91. The molecule has 0 aromatic heterocycles. The number of ether oxygens (including phenoxy) is 4. The summed E-state index contributed by atoms with van der Waals surface area (Å²) in [5.74, 6) is -0.00384. The van der Waals surface area contributed by atoms with Gasteiger partial charge in [-0.2, -0.15) is 0 Å². The first kappa shape index (κ1) is 124. The van der Waals surface area contributed by atoms with Gasteiger partial charge in [-0.25, -0.2) is 0 Å². The molecule has 1 aromatic carbocycles. The Morgan fingerprint density at radius 1 is 0.492 bits per heavy atom. The summed E-state index contributed by atoms with van der Waals surface area (Å²) in [7, 11) is 2.83. The van der Waals surface area contributed by atoms with Gasteiger partial charge in [0.2, 0.25) is 0 Å². The summed E-state index contributed by atoms with van der Waals surface area (Å²) in [6.45, 7) is 23.3. The number of rotatable bonds is 14. The second-order valence-electron chi connectivity index (χ2n) is 12.6. The van der Waals surface area contributed by atoms with Crippen molar-refractivity contribution < 1.29 is 48.3 Å². The highest BCUT2D eigenvalue weighted by Crippen LogP contribution is 2.21. The molecule has 0 bridgehead atoms. The standard InChI is InChI=1S/C10H14.C8H16O3.C7H14O3.C7H14O2.C6H12O2.15CH4/c1-3-9(2)10-7-5-4-6-8-10;1-4-8(2,3)7(10)11-6-5-9;1-3-6(2)7(9)10-5-4-8;1-5-7(2,3)6(8)9-4;1-4-5(2)6(7)8-3;;;;;;;;;;;;;;;/h4-9H,3H2,1-2H3;9H,4-6H2,1-3H3;6,8H,3-5H2,1-2H3;5H2,1-4H3;5H,4H2,1-3H3;15*1H4. The van der Waals surface area contributed by atoms with Crippen LogP contribution in [0, 0.1) is 22.7 Å². The van der Waals surface area contributed by atoms with Gasteiger partial charge < -0.3 is 29.2 Å². The summed E-state index contributed by atoms with van der Waals surface area (Å²) in [5.41, 5.74) is 0.717. The van der Waals surface area contributed by atoms with Crippen molar-refractivity contribution in [3.63, 3.8) is 0 Å². The minimum absolute atomic E-state index is 0. The predicted octanol–water partition coefficient (Wildman–Crippen LogP) is 17.1. The molecule has 3 atom stereocenters. The van der Waals surface area contributed by atoms with Crippen molar-refractivity contribution in [2.75, 3.05) is 40.6 Å². The van der Waals surface area contributed by atoms with Crippen LogP contribution in [-0.2, 0) is 38.1 Å². The van der Waals surface area contributed by atoms with Crippen molar-refractivity contribution in [3.8, 4) is 0 Å². The van der Waals surface area contributed by atoms with Crippen LogP contribution >= 0.6 is 0 Å². The largest absolute Gasteiger partial charge is 0.469 e. The number of methoxy groups -OCH3 is 2. The van der Waals surface area contributed by atoms with Crippen molar-refractivity contribution in [3.05, 3.63) is 35.9 Å². The third kappa shape index (κ3) is 68.3. The van der Waals surface area contributed by atoms with Crippen LogP contribution in [0.1, 0.15) is 238 Å². The van der Waals surface area contributed by atoms with Crippen LogP contribution in [0.4, 0.5) is 0 Å². The fraction of sp³-hybridized carbons (Fsp3) is 0.811. The third-order valence-electron chi connectivity index (χ3n) is 7.93. The van der Waals surface area contributed by atoms with E-state index in [2.05, 4.69) is 58.4 Å². The van der Waals surface area contributed by atoms with Gasteiger partial charge >= 0.3 is 23.9 Å². The van der Waals surface area contributed by atoms with E-state index < -0.39 is 5.41 Å². The van der Waals surface area contributed by atoms with Gasteiger partial charge in [0.25, 0.3) is 0 Å². The van der Waals surface area contributed by atoms with Crippen molar-refractivity contribution in [1.29, 1.82) is 0 Å². The molecular formula is C53H130O10. The van der Waals surface area contributed by atoms with Gasteiger partial charge in [-0.3, -0.25) is 19.2 Å². The van der Waals surface area contributed by atoms with Crippen LogP contribution in [0.25, 0.3) is 0 Å². The SMILES string of the molecule is C.C.C.C.C.C.C.C.C.C.C.C.C.C.C.CCC(C)(C)C(=O)OC.CCC(C)(C)C(=O)OCCO.CCC(C)C(=O)OC.CCC(C)C(=O)OCCO.CCC(C)c1ccccc1. The molecule has 0 aliphatic heterocycles. The van der Waals surface area contributed by atoms with E-state index in [1.54, 1.807) is 6.92 Å². The lowest BCUT2D eigenvalue weighted by Crippen LogP contribution is -2.26. The Hall–Kier alpha value is -2.98. The lowest BCUT2D eigenvalue weighted by molar-refractivity contribution is -0.155. The van der Waals surface area contributed by atoms with Gasteiger partial charge in [0.05, 0.1) is 50.1 Å². The van der Waals surface area contributed by atoms with E-state index in [4.69, 9.17) is 14.9 Å². The molecule has 3 unspecified atom stereocenters. The molecule has 0 spiro atoms. The molecule has 0 amide bonds. The minimum Gasteiger partial charge on any atom is -0.469 e. The molecule has 10 heteroatoms. The summed E-state index contributed by atoms with van der Waals surface area (Å²) in [5, 5.41) is 16.7. The molecule has 0 aliphatic rings. The smallest absolute Gasteiger partial charge is 0.311 e. The van der Waals surface area contributed by atoms with Crippen LogP contribution in [-0.4, -0.2) is 74.7 Å². The Morgan fingerprint density at radius 2 is 0.810 bits per heavy atom. The van der Waals surface area contributed by atoms with E-state index in [1.165, 1.54) is 26.2 Å². The predicted molar refractivity (Wildman–Crippen MR) is 293 cm³/mol. The van der Waals surface area contributed by atoms with E-state index in [9.17, 15) is 19.2 Å². The normalized spacial score (nSPS) is 9.27. The van der Waals surface area contributed by atoms with Gasteiger partial charge in [0.15, 0.2) is 0 Å². The molecule has 0 aliphatic carbocycles. The molecule has 0 radical (unpaired) electrons. The Labute approximate surface area is 402 Å². The van der Waals surface area contributed by atoms with Crippen LogP contribution in [0.3, 0.4) is 0 Å². The maximum Gasteiger partial charge on any atom is 0.311 e. The average Bonchev–Trinajstić information content (AvgIpc) is 3.12. The number of carbonyl (C=O) groups excluding carboxylic acids is 4. The molecule has 0 saturated heterocycles. The Balaban J connectivity index is -0.0000000214. The second kappa shape index (κ2) is 76.3. The fourth-order valence-electron chi connectivity index (χ4n) is 2.74. The topological polar surface area (TPSA) is 146 Å². The van der Waals surface area contributed by atoms with Crippen LogP contribution in [0.5, 0.6) is 0 Å². The van der Waals surface area contributed by atoms with Crippen molar-refractivity contribution in [2.24, 2.45) is 22.7 Å². The third-order valence-corrected chi connectivity index (χ3v) is 7.93. The summed E-state index contributed by atoms with van der Waals surface area (Å²) in [4.78, 5) is 43.3. The quantitative estimate of drug-likeness (QED) is 0.137. The first-order valence-corrected chi connectivity index (χ1v) is 17.1. The zero-order chi connectivity index (χ0) is 38.3. The number of hydrogen-bond donors (Lipinski definition) is 2. The zero-order valence-corrected chi connectivity index (χ0v) is 32.6. The van der Waals surface area contributed by atoms with Gasteiger partial charge in [-0.1, -0.05) is 197 Å². The minimum atomic E-state index is -0.421. The van der Waals surface area contributed by atoms with E-state index >= 15 is 0 Å². The molecule has 1 aromatic rings. The van der Waals surface area contributed by atoms with Gasteiger partial charge in [0, 0.05) is 0 Å².